The van der Waals surface area contributed by atoms with Gasteiger partial charge in [0, 0.05) is 17.2 Å². The fourth-order valence-corrected chi connectivity index (χ4v) is 1.86. The lowest BCUT2D eigenvalue weighted by molar-refractivity contribution is -0.385. The Morgan fingerprint density at radius 2 is 2.26 bits per heavy atom. The van der Waals surface area contributed by atoms with E-state index in [0.717, 1.165) is 5.56 Å². The molecule has 1 aromatic heterocycles. The van der Waals surface area contributed by atoms with E-state index >= 15 is 0 Å². The van der Waals surface area contributed by atoms with Crippen molar-refractivity contribution in [2.24, 2.45) is 0 Å². The molecular formula is C12H13N3O4. The maximum atomic E-state index is 10.8. The van der Waals surface area contributed by atoms with Crippen molar-refractivity contribution >= 4 is 11.5 Å². The third-order valence-electron chi connectivity index (χ3n) is 2.81. The summed E-state index contributed by atoms with van der Waals surface area (Å²) in [5.74, 6) is 1.00. The van der Waals surface area contributed by atoms with E-state index in [9.17, 15) is 10.1 Å². The van der Waals surface area contributed by atoms with Crippen molar-refractivity contribution in [2.45, 2.75) is 13.3 Å². The SMILES string of the molecule is CCc1c(N)noc1-c1ccc([N+](=O)[O-])c(OC)c1. The average Bonchev–Trinajstić information content (AvgIpc) is 2.78. The summed E-state index contributed by atoms with van der Waals surface area (Å²) in [6.07, 6.45) is 0.657. The summed E-state index contributed by atoms with van der Waals surface area (Å²) in [6.45, 7) is 1.93. The number of anilines is 1. The van der Waals surface area contributed by atoms with Gasteiger partial charge in [-0.2, -0.15) is 0 Å². The van der Waals surface area contributed by atoms with Crippen LogP contribution in [0.3, 0.4) is 0 Å². The van der Waals surface area contributed by atoms with Crippen molar-refractivity contribution in [3.63, 3.8) is 0 Å². The number of nitrogen functional groups attached to an aromatic ring is 1. The molecule has 0 spiro atoms. The number of nitrogens with two attached hydrogens (primary N) is 1. The number of ether oxygens (including phenoxy) is 1. The standard InChI is InChI=1S/C12H13N3O4/c1-3-8-11(19-14-12(8)13)7-4-5-9(15(16)17)10(6-7)18-2/h4-6H,3H2,1-2H3,(H2,13,14). The molecule has 7 nitrogen and oxygen atoms in total. The van der Waals surface area contributed by atoms with Gasteiger partial charge in [0.2, 0.25) is 0 Å². The Morgan fingerprint density at radius 1 is 1.53 bits per heavy atom. The Labute approximate surface area is 109 Å². The molecule has 1 aromatic carbocycles. The van der Waals surface area contributed by atoms with Crippen molar-refractivity contribution in [3.8, 4) is 17.1 Å². The molecule has 0 radical (unpaired) electrons. The number of methoxy groups -OCH3 is 1. The van der Waals surface area contributed by atoms with Crippen LogP contribution in [0.1, 0.15) is 12.5 Å². The third-order valence-corrected chi connectivity index (χ3v) is 2.81. The zero-order valence-corrected chi connectivity index (χ0v) is 10.5. The molecule has 0 unspecified atom stereocenters. The van der Waals surface area contributed by atoms with E-state index in [1.54, 1.807) is 6.07 Å². The first-order valence-electron chi connectivity index (χ1n) is 5.65. The largest absolute Gasteiger partial charge is 0.490 e. The number of hydrogen-bond acceptors (Lipinski definition) is 6. The minimum absolute atomic E-state index is 0.100. The number of nitrogens with zero attached hydrogens (tertiary/aromatic N) is 2. The van der Waals surface area contributed by atoms with Crippen LogP contribution < -0.4 is 10.5 Å². The molecule has 2 N–H and O–H groups in total. The molecule has 1 heterocycles. The highest BCUT2D eigenvalue weighted by molar-refractivity contribution is 5.69. The van der Waals surface area contributed by atoms with Gasteiger partial charge in [-0.1, -0.05) is 12.1 Å². The van der Waals surface area contributed by atoms with E-state index in [4.69, 9.17) is 15.0 Å². The minimum Gasteiger partial charge on any atom is -0.490 e. The number of aromatic nitrogens is 1. The van der Waals surface area contributed by atoms with E-state index in [0.29, 0.717) is 23.6 Å². The predicted octanol–water partition coefficient (Wildman–Crippen LogP) is 2.40. The van der Waals surface area contributed by atoms with E-state index in [1.807, 2.05) is 6.92 Å². The van der Waals surface area contributed by atoms with Gasteiger partial charge >= 0.3 is 5.69 Å². The third kappa shape index (κ3) is 2.22. The normalized spacial score (nSPS) is 10.4. The molecule has 2 rings (SSSR count). The molecular weight excluding hydrogens is 250 g/mol. The van der Waals surface area contributed by atoms with Crippen LogP contribution in [-0.4, -0.2) is 17.2 Å². The van der Waals surface area contributed by atoms with E-state index in [-0.39, 0.29) is 11.4 Å². The molecule has 0 aliphatic carbocycles. The molecule has 19 heavy (non-hydrogen) atoms. The van der Waals surface area contributed by atoms with Crippen LogP contribution in [0.25, 0.3) is 11.3 Å². The summed E-state index contributed by atoms with van der Waals surface area (Å²) in [6, 6.07) is 4.49. The summed E-state index contributed by atoms with van der Waals surface area (Å²) in [5, 5.41) is 14.5. The molecule has 0 aliphatic rings. The second-order valence-corrected chi connectivity index (χ2v) is 3.87. The van der Waals surface area contributed by atoms with Crippen molar-refractivity contribution < 1.29 is 14.2 Å². The van der Waals surface area contributed by atoms with Gasteiger partial charge in [0.1, 0.15) is 0 Å². The molecule has 2 aromatic rings. The molecule has 100 valence electrons. The maximum absolute atomic E-state index is 10.8. The zero-order chi connectivity index (χ0) is 14.0. The summed E-state index contributed by atoms with van der Waals surface area (Å²) >= 11 is 0. The first-order chi connectivity index (χ1) is 9.08. The fraction of sp³-hybridized carbons (Fsp3) is 0.250. The predicted molar refractivity (Wildman–Crippen MR) is 68.9 cm³/mol. The first kappa shape index (κ1) is 12.9. The second-order valence-electron chi connectivity index (χ2n) is 3.87. The number of hydrogen-bond donors (Lipinski definition) is 1. The summed E-state index contributed by atoms with van der Waals surface area (Å²) in [4.78, 5) is 10.3. The summed E-state index contributed by atoms with van der Waals surface area (Å²) in [5.41, 5.74) is 7.01. The van der Waals surface area contributed by atoms with Gasteiger partial charge in [0.15, 0.2) is 17.3 Å². The van der Waals surface area contributed by atoms with Crippen LogP contribution in [0.2, 0.25) is 0 Å². The van der Waals surface area contributed by atoms with Gasteiger partial charge in [-0.3, -0.25) is 10.1 Å². The molecule has 0 fully saturated rings. The van der Waals surface area contributed by atoms with E-state index in [2.05, 4.69) is 5.16 Å². The lowest BCUT2D eigenvalue weighted by atomic mass is 10.1. The molecule has 7 heteroatoms. The number of benzene rings is 1. The Hall–Kier alpha value is -2.57. The van der Waals surface area contributed by atoms with Gasteiger partial charge in [0.05, 0.1) is 12.0 Å². The summed E-state index contributed by atoms with van der Waals surface area (Å²) in [7, 11) is 1.38. The second kappa shape index (κ2) is 4.97. The number of rotatable bonds is 4. The quantitative estimate of drug-likeness (QED) is 0.670. The van der Waals surface area contributed by atoms with E-state index < -0.39 is 4.92 Å². The van der Waals surface area contributed by atoms with Crippen LogP contribution in [0.4, 0.5) is 11.5 Å². The highest BCUT2D eigenvalue weighted by Gasteiger charge is 2.19. The van der Waals surface area contributed by atoms with Crippen molar-refractivity contribution in [3.05, 3.63) is 33.9 Å². The molecule has 0 bridgehead atoms. The average molecular weight is 263 g/mol. The van der Waals surface area contributed by atoms with Crippen molar-refractivity contribution in [2.75, 3.05) is 12.8 Å². The maximum Gasteiger partial charge on any atom is 0.310 e. The van der Waals surface area contributed by atoms with Gasteiger partial charge in [-0.15, -0.1) is 0 Å². The highest BCUT2D eigenvalue weighted by Crippen LogP contribution is 2.35. The van der Waals surface area contributed by atoms with Crippen LogP contribution in [0.15, 0.2) is 22.7 Å². The number of nitro groups is 1. The van der Waals surface area contributed by atoms with Crippen LogP contribution in [-0.2, 0) is 6.42 Å². The molecule has 0 saturated heterocycles. The Balaban J connectivity index is 2.54. The molecule has 0 saturated carbocycles. The lowest BCUT2D eigenvalue weighted by Gasteiger charge is -2.04. The smallest absolute Gasteiger partial charge is 0.310 e. The van der Waals surface area contributed by atoms with E-state index in [1.165, 1.54) is 19.2 Å². The molecule has 0 aliphatic heterocycles. The Bertz CT molecular complexity index is 621. The molecule has 0 atom stereocenters. The van der Waals surface area contributed by atoms with Gasteiger partial charge in [0.25, 0.3) is 0 Å². The lowest BCUT2D eigenvalue weighted by Crippen LogP contribution is -1.95. The van der Waals surface area contributed by atoms with Crippen LogP contribution in [0, 0.1) is 10.1 Å². The Kier molecular flexibility index (Phi) is 3.37. The number of nitro benzene ring substituents is 1. The van der Waals surface area contributed by atoms with Crippen molar-refractivity contribution in [1.82, 2.24) is 5.16 Å². The monoisotopic (exact) mass is 263 g/mol. The van der Waals surface area contributed by atoms with Gasteiger partial charge in [-0.05, 0) is 18.6 Å². The molecule has 0 amide bonds. The van der Waals surface area contributed by atoms with Crippen molar-refractivity contribution in [1.29, 1.82) is 0 Å². The topological polar surface area (TPSA) is 104 Å². The minimum atomic E-state index is -0.502. The summed E-state index contributed by atoms with van der Waals surface area (Å²) < 4.78 is 10.2. The Morgan fingerprint density at radius 3 is 2.84 bits per heavy atom. The van der Waals surface area contributed by atoms with Gasteiger partial charge < -0.3 is 15.0 Å². The zero-order valence-electron chi connectivity index (χ0n) is 10.5. The van der Waals surface area contributed by atoms with Crippen LogP contribution in [0.5, 0.6) is 5.75 Å². The first-order valence-corrected chi connectivity index (χ1v) is 5.65. The van der Waals surface area contributed by atoms with Gasteiger partial charge in [-0.25, -0.2) is 0 Å². The highest BCUT2D eigenvalue weighted by atomic mass is 16.6. The van der Waals surface area contributed by atoms with Crippen LogP contribution >= 0.6 is 0 Å². The fourth-order valence-electron chi connectivity index (χ4n) is 1.86.